The normalized spacial score (nSPS) is 36.1. The van der Waals surface area contributed by atoms with Gasteiger partial charge >= 0.3 is 0 Å². The van der Waals surface area contributed by atoms with Gasteiger partial charge < -0.3 is 0 Å². The zero-order valence-electron chi connectivity index (χ0n) is 13.7. The molecule has 0 aromatic heterocycles. The van der Waals surface area contributed by atoms with Gasteiger partial charge in [-0.05, 0) is 95.9 Å². The molecular formula is C23H24. The Hall–Kier alpha value is -1.56. The molecule has 5 aliphatic carbocycles. The van der Waals surface area contributed by atoms with Gasteiger partial charge in [-0.15, -0.1) is 0 Å². The van der Waals surface area contributed by atoms with Gasteiger partial charge in [0.15, 0.2) is 0 Å². The van der Waals surface area contributed by atoms with E-state index in [1.54, 1.807) is 11.1 Å². The quantitative estimate of drug-likeness (QED) is 0.538. The molecule has 0 saturated heterocycles. The molecule has 0 amide bonds. The highest BCUT2D eigenvalue weighted by molar-refractivity contribution is 5.77. The van der Waals surface area contributed by atoms with E-state index in [1.165, 1.54) is 55.2 Å². The Morgan fingerprint density at radius 2 is 1.35 bits per heavy atom. The van der Waals surface area contributed by atoms with E-state index in [2.05, 4.69) is 42.5 Å². The summed E-state index contributed by atoms with van der Waals surface area (Å²) in [5.74, 6) is 3.09. The smallest absolute Gasteiger partial charge is 0.00135 e. The van der Waals surface area contributed by atoms with Gasteiger partial charge in [0.1, 0.15) is 0 Å². The topological polar surface area (TPSA) is 0 Å². The second-order valence-electron chi connectivity index (χ2n) is 8.90. The number of hydrogen-bond donors (Lipinski definition) is 0. The molecule has 4 bridgehead atoms. The number of benzene rings is 2. The lowest BCUT2D eigenvalue weighted by atomic mass is 9.48. The highest BCUT2D eigenvalue weighted by atomic mass is 14.6. The van der Waals surface area contributed by atoms with Crippen molar-refractivity contribution in [2.24, 2.45) is 17.8 Å². The average Bonchev–Trinajstić information content (AvgIpc) is 2.91. The monoisotopic (exact) mass is 300 g/mol. The number of rotatable bonds is 1. The van der Waals surface area contributed by atoms with Crippen molar-refractivity contribution in [3.05, 3.63) is 59.2 Å². The first-order chi connectivity index (χ1) is 11.3. The predicted octanol–water partition coefficient (Wildman–Crippen LogP) is 5.73. The number of fused-ring (bicyclic) bond motifs is 3. The Morgan fingerprint density at radius 3 is 2.09 bits per heavy atom. The molecule has 0 N–H and O–H groups in total. The van der Waals surface area contributed by atoms with Crippen LogP contribution in [0.25, 0.3) is 11.1 Å². The molecule has 0 nitrogen and oxygen atoms in total. The molecule has 4 saturated carbocycles. The van der Waals surface area contributed by atoms with Crippen LogP contribution in [-0.2, 0) is 11.8 Å². The van der Waals surface area contributed by atoms with Crippen molar-refractivity contribution >= 4 is 0 Å². The lowest BCUT2D eigenvalue weighted by Crippen LogP contribution is -2.48. The van der Waals surface area contributed by atoms with Gasteiger partial charge in [0, 0.05) is 0 Å². The van der Waals surface area contributed by atoms with Crippen LogP contribution in [0.1, 0.15) is 55.2 Å². The van der Waals surface area contributed by atoms with E-state index in [1.807, 2.05) is 0 Å². The maximum absolute atomic E-state index is 2.59. The first-order valence-electron chi connectivity index (χ1n) is 9.51. The van der Waals surface area contributed by atoms with Gasteiger partial charge in [0.2, 0.25) is 0 Å². The van der Waals surface area contributed by atoms with Crippen molar-refractivity contribution in [3.8, 4) is 11.1 Å². The molecule has 4 fully saturated rings. The maximum Gasteiger partial charge on any atom is -0.00135 e. The summed E-state index contributed by atoms with van der Waals surface area (Å²) in [6, 6.07) is 16.6. The van der Waals surface area contributed by atoms with E-state index >= 15 is 0 Å². The van der Waals surface area contributed by atoms with Crippen molar-refractivity contribution in [1.82, 2.24) is 0 Å². The average molecular weight is 300 g/mol. The third-order valence-corrected chi connectivity index (χ3v) is 7.45. The first kappa shape index (κ1) is 12.8. The fourth-order valence-electron chi connectivity index (χ4n) is 6.92. The van der Waals surface area contributed by atoms with E-state index in [9.17, 15) is 0 Å². The molecule has 0 radical (unpaired) electrons. The Labute approximate surface area is 138 Å². The van der Waals surface area contributed by atoms with E-state index in [0.29, 0.717) is 5.41 Å². The summed E-state index contributed by atoms with van der Waals surface area (Å²) in [7, 11) is 0. The van der Waals surface area contributed by atoms with Crippen molar-refractivity contribution < 1.29 is 0 Å². The molecule has 0 spiro atoms. The summed E-state index contributed by atoms with van der Waals surface area (Å²) in [6.07, 6.45) is 10.2. The molecule has 2 aromatic carbocycles. The molecular weight excluding hydrogens is 276 g/mol. The van der Waals surface area contributed by atoms with E-state index in [4.69, 9.17) is 0 Å². The van der Waals surface area contributed by atoms with Crippen LogP contribution in [0, 0.1) is 17.8 Å². The molecule has 0 aliphatic heterocycles. The van der Waals surface area contributed by atoms with Crippen LogP contribution in [0.4, 0.5) is 0 Å². The third-order valence-electron chi connectivity index (χ3n) is 7.45. The van der Waals surface area contributed by atoms with Crippen molar-refractivity contribution in [1.29, 1.82) is 0 Å². The van der Waals surface area contributed by atoms with Crippen LogP contribution in [-0.4, -0.2) is 0 Å². The molecule has 0 heterocycles. The standard InChI is InChI=1S/C23H24/c1-2-4-21-18(3-1)10-19-5-6-20(11-22(19)21)23-12-15-7-16(13-23)9-17(8-15)14-23/h1-6,11,15-17H,7-10,12-14H2. The van der Waals surface area contributed by atoms with Gasteiger partial charge in [-0.25, -0.2) is 0 Å². The van der Waals surface area contributed by atoms with Crippen LogP contribution < -0.4 is 0 Å². The summed E-state index contributed by atoms with van der Waals surface area (Å²) in [4.78, 5) is 0. The van der Waals surface area contributed by atoms with Crippen LogP contribution in [0.5, 0.6) is 0 Å². The van der Waals surface area contributed by atoms with E-state index < -0.39 is 0 Å². The minimum absolute atomic E-state index is 0.529. The van der Waals surface area contributed by atoms with Gasteiger partial charge in [-0.3, -0.25) is 0 Å². The number of hydrogen-bond acceptors (Lipinski definition) is 0. The molecule has 7 rings (SSSR count). The Morgan fingerprint density at radius 1 is 0.696 bits per heavy atom. The fraction of sp³-hybridized carbons (Fsp3) is 0.478. The lowest BCUT2D eigenvalue weighted by Gasteiger charge is -2.57. The molecule has 2 aromatic rings. The maximum atomic E-state index is 2.59. The molecule has 0 unspecified atom stereocenters. The third kappa shape index (κ3) is 1.73. The van der Waals surface area contributed by atoms with Gasteiger partial charge in [0.25, 0.3) is 0 Å². The van der Waals surface area contributed by atoms with Crippen LogP contribution in [0.3, 0.4) is 0 Å². The second kappa shape index (κ2) is 4.29. The minimum atomic E-state index is 0.529. The Balaban J connectivity index is 1.48. The van der Waals surface area contributed by atoms with Crippen molar-refractivity contribution in [3.63, 3.8) is 0 Å². The summed E-state index contributed by atoms with van der Waals surface area (Å²) < 4.78 is 0. The largest absolute Gasteiger partial charge is 0.0619 e. The summed E-state index contributed by atoms with van der Waals surface area (Å²) in [5.41, 5.74) is 8.29. The van der Waals surface area contributed by atoms with Crippen LogP contribution >= 0.6 is 0 Å². The Bertz CT molecular complexity index is 762. The predicted molar refractivity (Wildman–Crippen MR) is 94.5 cm³/mol. The van der Waals surface area contributed by atoms with Crippen LogP contribution in [0.2, 0.25) is 0 Å². The minimum Gasteiger partial charge on any atom is -0.0619 e. The second-order valence-corrected chi connectivity index (χ2v) is 8.90. The zero-order chi connectivity index (χ0) is 15.0. The summed E-state index contributed by atoms with van der Waals surface area (Å²) in [6.45, 7) is 0. The first-order valence-corrected chi connectivity index (χ1v) is 9.51. The van der Waals surface area contributed by atoms with Gasteiger partial charge in [-0.1, -0.05) is 42.5 Å². The lowest BCUT2D eigenvalue weighted by molar-refractivity contribution is -0.00517. The Kier molecular flexibility index (Phi) is 2.39. The van der Waals surface area contributed by atoms with Gasteiger partial charge in [-0.2, -0.15) is 0 Å². The van der Waals surface area contributed by atoms with Gasteiger partial charge in [0.05, 0.1) is 0 Å². The SMILES string of the molecule is c1ccc2c(c1)Cc1ccc(C34CC5CC(CC(C5)C3)C4)cc1-2. The highest BCUT2D eigenvalue weighted by Gasteiger charge is 2.51. The molecule has 0 atom stereocenters. The van der Waals surface area contributed by atoms with E-state index in [-0.39, 0.29) is 0 Å². The summed E-state index contributed by atoms with van der Waals surface area (Å²) in [5, 5.41) is 0. The molecule has 23 heavy (non-hydrogen) atoms. The molecule has 5 aliphatic rings. The molecule has 0 heteroatoms. The molecule has 116 valence electrons. The highest BCUT2D eigenvalue weighted by Crippen LogP contribution is 2.61. The summed E-state index contributed by atoms with van der Waals surface area (Å²) >= 11 is 0. The zero-order valence-corrected chi connectivity index (χ0v) is 13.7. The van der Waals surface area contributed by atoms with Crippen molar-refractivity contribution in [2.75, 3.05) is 0 Å². The fourth-order valence-corrected chi connectivity index (χ4v) is 6.92. The van der Waals surface area contributed by atoms with E-state index in [0.717, 1.165) is 24.2 Å². The van der Waals surface area contributed by atoms with Crippen molar-refractivity contribution in [2.45, 2.75) is 50.4 Å². The van der Waals surface area contributed by atoms with Crippen LogP contribution in [0.15, 0.2) is 42.5 Å².